The molecule has 0 spiro atoms. The number of carboxylic acids is 1. The first-order valence-electron chi connectivity index (χ1n) is 10.4. The predicted octanol–water partition coefficient (Wildman–Crippen LogP) is 2.34. The molecule has 0 saturated carbocycles. The monoisotopic (exact) mass is 493 g/mol. The standard InChI is InChI=1S/C20H24ClN7O4S/c1-4-32-14-8-28(6-5-12(14)25-18(29)13-7-11(21)10(2)24-13)20-26-15(16(33-20)19(30)31)17-22-9-23-27(17)3/h7,9,12,14,24H,4-6,8H2,1-3H3,(H,25,29)(H,30,31)/t12-,14+/m1/s1. The third-order valence-corrected chi connectivity index (χ3v) is 6.95. The minimum absolute atomic E-state index is 0.100. The molecule has 0 unspecified atom stereocenters. The van der Waals surface area contributed by atoms with Crippen molar-refractivity contribution < 1.29 is 19.4 Å². The lowest BCUT2D eigenvalue weighted by molar-refractivity contribution is 0.0272. The van der Waals surface area contributed by atoms with Gasteiger partial charge in [0.25, 0.3) is 5.91 Å². The number of nitrogens with one attached hydrogen (secondary N) is 2. The topological polar surface area (TPSA) is 138 Å². The zero-order valence-electron chi connectivity index (χ0n) is 18.3. The summed E-state index contributed by atoms with van der Waals surface area (Å²) in [6, 6.07) is 1.39. The van der Waals surface area contributed by atoms with E-state index in [9.17, 15) is 14.7 Å². The van der Waals surface area contributed by atoms with Gasteiger partial charge < -0.3 is 25.0 Å². The molecule has 13 heteroatoms. The second-order valence-corrected chi connectivity index (χ2v) is 9.04. The van der Waals surface area contributed by atoms with E-state index in [1.165, 1.54) is 11.0 Å². The third kappa shape index (κ3) is 4.72. The van der Waals surface area contributed by atoms with Gasteiger partial charge in [-0.25, -0.2) is 19.4 Å². The average molecular weight is 494 g/mol. The summed E-state index contributed by atoms with van der Waals surface area (Å²) < 4.78 is 7.42. The van der Waals surface area contributed by atoms with Crippen molar-refractivity contribution in [3.8, 4) is 11.5 Å². The Hall–Kier alpha value is -2.96. The fourth-order valence-corrected chi connectivity index (χ4v) is 4.88. The number of carbonyl (C=O) groups excluding carboxylic acids is 1. The van der Waals surface area contributed by atoms with Gasteiger partial charge in [0.05, 0.1) is 17.2 Å². The van der Waals surface area contributed by atoms with Gasteiger partial charge in [-0.3, -0.25) is 4.79 Å². The van der Waals surface area contributed by atoms with Crippen LogP contribution in [0.2, 0.25) is 5.02 Å². The number of carboxylic acid groups (broad SMARTS) is 1. The summed E-state index contributed by atoms with van der Waals surface area (Å²) in [5.41, 5.74) is 1.41. The van der Waals surface area contributed by atoms with Crippen LogP contribution in [0.3, 0.4) is 0 Å². The van der Waals surface area contributed by atoms with Crippen molar-refractivity contribution in [2.45, 2.75) is 32.4 Å². The predicted molar refractivity (Wildman–Crippen MR) is 123 cm³/mol. The highest BCUT2D eigenvalue weighted by Crippen LogP contribution is 2.34. The zero-order valence-corrected chi connectivity index (χ0v) is 19.9. The fourth-order valence-electron chi connectivity index (χ4n) is 3.79. The number of aromatic carboxylic acids is 1. The number of carbonyl (C=O) groups is 2. The summed E-state index contributed by atoms with van der Waals surface area (Å²) in [7, 11) is 1.69. The van der Waals surface area contributed by atoms with Crippen molar-refractivity contribution >= 4 is 39.9 Å². The van der Waals surface area contributed by atoms with E-state index in [2.05, 4.69) is 25.4 Å². The Balaban J connectivity index is 1.53. The Kier molecular flexibility index (Phi) is 6.68. The van der Waals surface area contributed by atoms with Gasteiger partial charge in [0.1, 0.15) is 22.6 Å². The van der Waals surface area contributed by atoms with Crippen molar-refractivity contribution in [2.75, 3.05) is 24.6 Å². The van der Waals surface area contributed by atoms with E-state index in [0.29, 0.717) is 47.8 Å². The number of amides is 1. The average Bonchev–Trinajstić information content (AvgIpc) is 3.48. The number of H-pyrrole nitrogens is 1. The lowest BCUT2D eigenvalue weighted by atomic mass is 10.0. The molecule has 1 fully saturated rings. The van der Waals surface area contributed by atoms with Crippen LogP contribution in [-0.4, -0.2) is 73.6 Å². The molecular formula is C20H24ClN7O4S. The van der Waals surface area contributed by atoms with Crippen LogP contribution < -0.4 is 10.2 Å². The molecular weight excluding hydrogens is 470 g/mol. The molecule has 0 radical (unpaired) electrons. The highest BCUT2D eigenvalue weighted by molar-refractivity contribution is 7.17. The summed E-state index contributed by atoms with van der Waals surface area (Å²) in [5.74, 6) is -0.932. The van der Waals surface area contributed by atoms with Crippen molar-refractivity contribution in [2.24, 2.45) is 7.05 Å². The second-order valence-electron chi connectivity index (χ2n) is 7.65. The van der Waals surface area contributed by atoms with Crippen LogP contribution in [0.5, 0.6) is 0 Å². The number of aromatic nitrogens is 5. The Morgan fingerprint density at radius 3 is 2.85 bits per heavy atom. The van der Waals surface area contributed by atoms with Crippen molar-refractivity contribution in [1.82, 2.24) is 30.0 Å². The van der Waals surface area contributed by atoms with Crippen molar-refractivity contribution in [3.63, 3.8) is 0 Å². The molecule has 0 bridgehead atoms. The van der Waals surface area contributed by atoms with Gasteiger partial charge in [-0.2, -0.15) is 5.10 Å². The quantitative estimate of drug-likeness (QED) is 0.456. The minimum atomic E-state index is -1.07. The van der Waals surface area contributed by atoms with E-state index in [1.807, 2.05) is 11.8 Å². The number of ether oxygens (including phenoxy) is 1. The fraction of sp³-hybridized carbons (Fsp3) is 0.450. The molecule has 176 valence electrons. The van der Waals surface area contributed by atoms with Gasteiger partial charge in [0.2, 0.25) is 0 Å². The lowest BCUT2D eigenvalue weighted by Gasteiger charge is -2.38. The minimum Gasteiger partial charge on any atom is -0.477 e. The van der Waals surface area contributed by atoms with Crippen LogP contribution in [0.4, 0.5) is 5.13 Å². The number of halogens is 1. The number of hydrogen-bond donors (Lipinski definition) is 3. The summed E-state index contributed by atoms with van der Waals surface area (Å²) in [6.45, 7) is 5.19. The van der Waals surface area contributed by atoms with Gasteiger partial charge in [0.15, 0.2) is 11.0 Å². The van der Waals surface area contributed by atoms with Crippen LogP contribution in [0.15, 0.2) is 12.4 Å². The van der Waals surface area contributed by atoms with E-state index < -0.39 is 5.97 Å². The smallest absolute Gasteiger partial charge is 0.348 e. The molecule has 3 N–H and O–H groups in total. The van der Waals surface area contributed by atoms with E-state index >= 15 is 0 Å². The Bertz CT molecular complexity index is 1150. The molecule has 11 nitrogen and oxygen atoms in total. The number of hydrogen-bond acceptors (Lipinski definition) is 8. The Morgan fingerprint density at radius 1 is 1.45 bits per heavy atom. The van der Waals surface area contributed by atoms with E-state index in [1.54, 1.807) is 20.0 Å². The molecule has 4 heterocycles. The third-order valence-electron chi connectivity index (χ3n) is 5.46. The first kappa shape index (κ1) is 23.2. The summed E-state index contributed by atoms with van der Waals surface area (Å²) >= 11 is 7.15. The molecule has 3 aromatic heterocycles. The Morgan fingerprint density at radius 2 is 2.24 bits per heavy atom. The van der Waals surface area contributed by atoms with Gasteiger partial charge in [-0.1, -0.05) is 22.9 Å². The molecule has 2 atom stereocenters. The number of aryl methyl sites for hydroxylation is 2. The molecule has 1 aliphatic rings. The van der Waals surface area contributed by atoms with Gasteiger partial charge in [-0.05, 0) is 26.3 Å². The van der Waals surface area contributed by atoms with E-state index in [0.717, 1.165) is 17.0 Å². The summed E-state index contributed by atoms with van der Waals surface area (Å²) in [5, 5.41) is 17.8. The first-order chi connectivity index (χ1) is 15.8. The number of nitrogens with zero attached hydrogens (tertiary/aromatic N) is 5. The maximum atomic E-state index is 12.7. The van der Waals surface area contributed by atoms with Crippen LogP contribution in [-0.2, 0) is 11.8 Å². The number of anilines is 1. The van der Waals surface area contributed by atoms with E-state index in [-0.39, 0.29) is 28.6 Å². The number of rotatable bonds is 7. The highest BCUT2D eigenvalue weighted by atomic mass is 35.5. The van der Waals surface area contributed by atoms with Crippen molar-refractivity contribution in [1.29, 1.82) is 0 Å². The molecule has 1 saturated heterocycles. The molecule has 0 aromatic carbocycles. The summed E-state index contributed by atoms with van der Waals surface area (Å²) in [4.78, 5) is 38.3. The summed E-state index contributed by atoms with van der Waals surface area (Å²) in [6.07, 6.45) is 1.66. The zero-order chi connectivity index (χ0) is 23.7. The molecule has 4 rings (SSSR count). The van der Waals surface area contributed by atoms with Crippen LogP contribution in [0.1, 0.15) is 39.2 Å². The van der Waals surface area contributed by atoms with Crippen LogP contribution >= 0.6 is 22.9 Å². The van der Waals surface area contributed by atoms with Crippen molar-refractivity contribution in [3.05, 3.63) is 33.7 Å². The SMILES string of the molecule is CCO[C@H]1CN(c2nc(-c3ncnn3C)c(C(=O)O)s2)CC[C@H]1NC(=O)c1cc(Cl)c(C)[nH]1. The molecule has 33 heavy (non-hydrogen) atoms. The van der Waals surface area contributed by atoms with Gasteiger partial charge in [0, 0.05) is 32.4 Å². The van der Waals surface area contributed by atoms with Crippen LogP contribution in [0.25, 0.3) is 11.5 Å². The maximum absolute atomic E-state index is 12.7. The largest absolute Gasteiger partial charge is 0.477 e. The molecule has 0 aliphatic carbocycles. The molecule has 1 amide bonds. The number of piperidine rings is 1. The maximum Gasteiger partial charge on any atom is 0.348 e. The normalized spacial score (nSPS) is 18.5. The lowest BCUT2D eigenvalue weighted by Crippen LogP contribution is -2.55. The second kappa shape index (κ2) is 9.49. The number of aromatic amines is 1. The van der Waals surface area contributed by atoms with Crippen LogP contribution in [0, 0.1) is 6.92 Å². The van der Waals surface area contributed by atoms with Gasteiger partial charge >= 0.3 is 5.97 Å². The van der Waals surface area contributed by atoms with E-state index in [4.69, 9.17) is 16.3 Å². The Labute approximate surface area is 198 Å². The molecule has 3 aromatic rings. The number of thiazole rings is 1. The highest BCUT2D eigenvalue weighted by Gasteiger charge is 2.34. The molecule has 1 aliphatic heterocycles. The van der Waals surface area contributed by atoms with Gasteiger partial charge in [-0.15, -0.1) is 0 Å². The first-order valence-corrected chi connectivity index (χ1v) is 11.6.